The summed E-state index contributed by atoms with van der Waals surface area (Å²) >= 11 is 0. The molecule has 1 heterocycles. The Morgan fingerprint density at radius 2 is 1.20 bits per heavy atom. The minimum atomic E-state index is -0.870. The van der Waals surface area contributed by atoms with Crippen LogP contribution in [0.4, 0.5) is 0 Å². The Labute approximate surface area is 115 Å². The molecule has 0 aliphatic carbocycles. The highest BCUT2D eigenvalue weighted by Gasteiger charge is 2.12. The van der Waals surface area contributed by atoms with Gasteiger partial charge in [-0.1, -0.05) is 0 Å². The molecule has 0 atom stereocenters. The van der Waals surface area contributed by atoms with Crippen LogP contribution in [0.2, 0.25) is 0 Å². The molecule has 0 bridgehead atoms. The normalized spacial score (nSPS) is 14.8. The first-order valence-electron chi connectivity index (χ1n) is 6.16. The summed E-state index contributed by atoms with van der Waals surface area (Å²) in [7, 11) is 0. The Morgan fingerprint density at radius 1 is 0.850 bits per heavy atom. The van der Waals surface area contributed by atoms with E-state index in [4.69, 9.17) is 10.2 Å². The summed E-state index contributed by atoms with van der Waals surface area (Å²) in [6.45, 7) is 0.370. The fourth-order valence-electron chi connectivity index (χ4n) is 1.21. The van der Waals surface area contributed by atoms with E-state index >= 15 is 0 Å². The molecule has 1 aliphatic heterocycles. The average Bonchev–Trinajstić information content (AvgIpc) is 2.36. The average molecular weight is 290 g/mol. The Kier molecular flexibility index (Phi) is 9.63. The third kappa shape index (κ3) is 12.3. The molecule has 0 aromatic rings. The fraction of sp³-hybridized carbons (Fsp3) is 0.667. The summed E-state index contributed by atoms with van der Waals surface area (Å²) in [5.74, 6) is -2.39. The van der Waals surface area contributed by atoms with E-state index < -0.39 is 11.9 Å². The number of unbranched alkanes of at least 4 members (excludes halogenated alkanes) is 1. The molecule has 1 saturated heterocycles. The molecule has 0 aromatic carbocycles. The molecule has 0 saturated carbocycles. The molecular formula is C12H18O8. The minimum absolute atomic E-state index is 0.0628. The van der Waals surface area contributed by atoms with E-state index in [0.29, 0.717) is 12.8 Å². The van der Waals surface area contributed by atoms with E-state index in [9.17, 15) is 19.2 Å². The van der Waals surface area contributed by atoms with Gasteiger partial charge in [0.25, 0.3) is 0 Å². The molecule has 2 N–H and O–H groups in total. The maximum absolute atomic E-state index is 10.6. The smallest absolute Gasteiger partial charge is 0.306 e. The van der Waals surface area contributed by atoms with Crippen molar-refractivity contribution >= 4 is 23.9 Å². The number of carboxylic acids is 2. The van der Waals surface area contributed by atoms with Crippen molar-refractivity contribution in [3.8, 4) is 0 Å². The number of cyclic esters (lactones) is 2. The number of rotatable bonds is 5. The molecule has 0 aromatic heterocycles. The lowest BCUT2D eigenvalue weighted by atomic mass is 10.2. The Hall–Kier alpha value is -2.12. The topological polar surface area (TPSA) is 127 Å². The second kappa shape index (κ2) is 10.8. The second-order valence-corrected chi connectivity index (χ2v) is 3.94. The van der Waals surface area contributed by atoms with Gasteiger partial charge in [0.1, 0.15) is 13.2 Å². The van der Waals surface area contributed by atoms with Gasteiger partial charge in [-0.3, -0.25) is 19.2 Å². The summed E-state index contributed by atoms with van der Waals surface area (Å²) in [4.78, 5) is 40.9. The van der Waals surface area contributed by atoms with Gasteiger partial charge >= 0.3 is 23.9 Å². The predicted octanol–water partition coefficient (Wildman–Crippen LogP) is 0.583. The van der Waals surface area contributed by atoms with Crippen LogP contribution < -0.4 is 0 Å². The van der Waals surface area contributed by atoms with E-state index in [0.717, 1.165) is 0 Å². The van der Waals surface area contributed by atoms with Gasteiger partial charge in [0, 0.05) is 12.8 Å². The SMILES string of the molecule is O=C(O)CCCCC(=O)O.O=C1CCC(=O)OCCO1. The minimum Gasteiger partial charge on any atom is -0.481 e. The molecule has 1 fully saturated rings. The number of hydrogen-bond donors (Lipinski definition) is 2. The maximum atomic E-state index is 10.6. The predicted molar refractivity (Wildman–Crippen MR) is 64.9 cm³/mol. The Morgan fingerprint density at radius 3 is 1.50 bits per heavy atom. The maximum Gasteiger partial charge on any atom is 0.306 e. The monoisotopic (exact) mass is 290 g/mol. The van der Waals surface area contributed by atoms with Crippen molar-refractivity contribution < 1.29 is 38.9 Å². The van der Waals surface area contributed by atoms with Crippen LogP contribution >= 0.6 is 0 Å². The zero-order valence-corrected chi connectivity index (χ0v) is 11.0. The quantitative estimate of drug-likeness (QED) is 0.556. The number of aliphatic carboxylic acids is 2. The Bertz CT molecular complexity index is 315. The van der Waals surface area contributed by atoms with Crippen LogP contribution in [0.3, 0.4) is 0 Å². The summed E-state index contributed by atoms with van der Waals surface area (Å²) in [6.07, 6.45) is 1.29. The van der Waals surface area contributed by atoms with Crippen molar-refractivity contribution in [1.29, 1.82) is 0 Å². The number of hydrogen-bond acceptors (Lipinski definition) is 6. The molecule has 114 valence electrons. The van der Waals surface area contributed by atoms with Crippen LogP contribution in [0.15, 0.2) is 0 Å². The molecule has 8 heteroatoms. The van der Waals surface area contributed by atoms with Gasteiger partial charge in [0.15, 0.2) is 0 Å². The summed E-state index contributed by atoms with van der Waals surface area (Å²) in [6, 6.07) is 0. The molecule has 0 spiro atoms. The van der Waals surface area contributed by atoms with Gasteiger partial charge < -0.3 is 19.7 Å². The fourth-order valence-corrected chi connectivity index (χ4v) is 1.21. The van der Waals surface area contributed by atoms with Crippen LogP contribution in [0.25, 0.3) is 0 Å². The van der Waals surface area contributed by atoms with E-state index in [1.807, 2.05) is 0 Å². The van der Waals surface area contributed by atoms with Crippen LogP contribution in [0.5, 0.6) is 0 Å². The van der Waals surface area contributed by atoms with Crippen molar-refractivity contribution in [3.05, 3.63) is 0 Å². The van der Waals surface area contributed by atoms with E-state index in [1.54, 1.807) is 0 Å². The van der Waals surface area contributed by atoms with Crippen molar-refractivity contribution in [2.75, 3.05) is 13.2 Å². The van der Waals surface area contributed by atoms with Gasteiger partial charge in [0.2, 0.25) is 0 Å². The number of ether oxygens (including phenoxy) is 2. The molecule has 0 unspecified atom stereocenters. The Balaban J connectivity index is 0.000000361. The molecule has 8 nitrogen and oxygen atoms in total. The third-order valence-electron chi connectivity index (χ3n) is 2.17. The molecule has 1 aliphatic rings. The van der Waals surface area contributed by atoms with E-state index in [1.165, 1.54) is 0 Å². The molecule has 1 rings (SSSR count). The van der Waals surface area contributed by atoms with Gasteiger partial charge in [-0.05, 0) is 12.8 Å². The summed E-state index contributed by atoms with van der Waals surface area (Å²) in [5.41, 5.74) is 0. The van der Waals surface area contributed by atoms with Gasteiger partial charge in [-0.15, -0.1) is 0 Å². The number of carbonyl (C=O) groups excluding carboxylic acids is 2. The molecule has 20 heavy (non-hydrogen) atoms. The lowest BCUT2D eigenvalue weighted by molar-refractivity contribution is -0.158. The molecule has 0 radical (unpaired) electrons. The third-order valence-corrected chi connectivity index (χ3v) is 2.17. The van der Waals surface area contributed by atoms with E-state index in [2.05, 4.69) is 9.47 Å². The van der Waals surface area contributed by atoms with Crippen LogP contribution in [0, 0.1) is 0 Å². The molecule has 0 amide bonds. The first-order chi connectivity index (χ1) is 9.41. The van der Waals surface area contributed by atoms with Crippen molar-refractivity contribution in [1.82, 2.24) is 0 Å². The zero-order valence-electron chi connectivity index (χ0n) is 11.0. The highest BCUT2D eigenvalue weighted by molar-refractivity contribution is 5.78. The molecular weight excluding hydrogens is 272 g/mol. The number of carboxylic acid groups (broad SMARTS) is 2. The van der Waals surface area contributed by atoms with Gasteiger partial charge in [-0.2, -0.15) is 0 Å². The van der Waals surface area contributed by atoms with Crippen molar-refractivity contribution in [2.24, 2.45) is 0 Å². The highest BCUT2D eigenvalue weighted by atomic mass is 16.6. The van der Waals surface area contributed by atoms with Crippen LogP contribution in [-0.4, -0.2) is 47.3 Å². The standard InChI is InChI=1S/C6H8O4.C6H10O4/c7-5-1-2-6(8)10-4-3-9-5;7-5(8)3-1-2-4-6(9)10/h1-4H2;1-4H2,(H,7,8)(H,9,10). The zero-order chi connectivity index (χ0) is 15.4. The lowest BCUT2D eigenvalue weighted by Gasteiger charge is -2.09. The second-order valence-electron chi connectivity index (χ2n) is 3.94. The van der Waals surface area contributed by atoms with Gasteiger partial charge in [-0.25, -0.2) is 0 Å². The van der Waals surface area contributed by atoms with Crippen molar-refractivity contribution in [2.45, 2.75) is 38.5 Å². The van der Waals surface area contributed by atoms with Gasteiger partial charge in [0.05, 0.1) is 12.8 Å². The van der Waals surface area contributed by atoms with E-state index in [-0.39, 0.29) is 50.8 Å². The first kappa shape index (κ1) is 17.9. The van der Waals surface area contributed by atoms with Crippen LogP contribution in [0.1, 0.15) is 38.5 Å². The lowest BCUT2D eigenvalue weighted by Crippen LogP contribution is -2.18. The number of carbonyl (C=O) groups is 4. The van der Waals surface area contributed by atoms with Crippen molar-refractivity contribution in [3.63, 3.8) is 0 Å². The highest BCUT2D eigenvalue weighted by Crippen LogP contribution is 1.99. The summed E-state index contributed by atoms with van der Waals surface area (Å²) in [5, 5.41) is 16.3. The summed E-state index contributed by atoms with van der Waals surface area (Å²) < 4.78 is 9.23. The largest absolute Gasteiger partial charge is 0.481 e. The first-order valence-corrected chi connectivity index (χ1v) is 6.16. The number of esters is 2. The van der Waals surface area contributed by atoms with Crippen LogP contribution in [-0.2, 0) is 28.7 Å².